The number of amides is 1. The van der Waals surface area contributed by atoms with Crippen LogP contribution in [0, 0.1) is 11.3 Å². The molecule has 1 atom stereocenters. The molecule has 0 aromatic rings. The molecule has 0 rings (SSSR count). The van der Waals surface area contributed by atoms with Gasteiger partial charge in [0.25, 0.3) is 0 Å². The van der Waals surface area contributed by atoms with E-state index < -0.39 is 12.6 Å². The fourth-order valence-corrected chi connectivity index (χ4v) is 1.65. The molecule has 94 valence electrons. The summed E-state index contributed by atoms with van der Waals surface area (Å²) in [7, 11) is 0. The van der Waals surface area contributed by atoms with Crippen LogP contribution >= 0.6 is 0 Å². The molecule has 0 radical (unpaired) electrons. The third-order valence-electron chi connectivity index (χ3n) is 1.88. The summed E-state index contributed by atoms with van der Waals surface area (Å²) in [6.07, 6.45) is 1.27. The van der Waals surface area contributed by atoms with Crippen molar-refractivity contribution in [3.05, 3.63) is 0 Å². The zero-order valence-corrected chi connectivity index (χ0v) is 10.4. The Hall–Kier alpha value is -1.10. The van der Waals surface area contributed by atoms with Crippen LogP contribution in [-0.2, 0) is 14.4 Å². The van der Waals surface area contributed by atoms with Crippen molar-refractivity contribution >= 4 is 11.9 Å². The van der Waals surface area contributed by atoms with Crippen molar-refractivity contribution in [3.8, 4) is 0 Å². The number of hydrogen-bond acceptors (Lipinski definition) is 3. The van der Waals surface area contributed by atoms with Crippen LogP contribution in [0.15, 0.2) is 0 Å². The predicted molar refractivity (Wildman–Crippen MR) is 59.6 cm³/mol. The minimum Gasteiger partial charge on any atom is -0.479 e. The molecule has 0 saturated carbocycles. The largest absolute Gasteiger partial charge is 0.479 e. The molecule has 1 unspecified atom stereocenters. The zero-order valence-electron chi connectivity index (χ0n) is 10.4. The lowest BCUT2D eigenvalue weighted by molar-refractivity contribution is -0.149. The van der Waals surface area contributed by atoms with Crippen molar-refractivity contribution in [2.24, 2.45) is 11.3 Å². The molecule has 0 spiro atoms. The molecule has 0 aliphatic heterocycles. The molecular weight excluding hydrogens is 210 g/mol. The molecule has 2 N–H and O–H groups in total. The zero-order chi connectivity index (χ0) is 12.8. The van der Waals surface area contributed by atoms with E-state index in [1.54, 1.807) is 0 Å². The monoisotopic (exact) mass is 231 g/mol. The maximum atomic E-state index is 11.3. The van der Waals surface area contributed by atoms with Gasteiger partial charge in [0.1, 0.15) is 0 Å². The second-order valence-electron chi connectivity index (χ2n) is 5.28. The number of carbonyl (C=O) groups is 2. The van der Waals surface area contributed by atoms with Crippen LogP contribution < -0.4 is 5.48 Å². The van der Waals surface area contributed by atoms with Crippen molar-refractivity contribution in [2.75, 3.05) is 6.61 Å². The van der Waals surface area contributed by atoms with E-state index in [0.717, 1.165) is 6.42 Å². The molecular formula is C11H21NO4. The Kier molecular flexibility index (Phi) is 6.03. The summed E-state index contributed by atoms with van der Waals surface area (Å²) in [6, 6.07) is 0. The summed E-state index contributed by atoms with van der Waals surface area (Å²) in [5.41, 5.74) is 2.29. The van der Waals surface area contributed by atoms with Crippen molar-refractivity contribution in [1.29, 1.82) is 0 Å². The first-order chi connectivity index (χ1) is 7.20. The number of rotatable bonds is 6. The van der Waals surface area contributed by atoms with Crippen LogP contribution in [0.3, 0.4) is 0 Å². The lowest BCUT2D eigenvalue weighted by Crippen LogP contribution is -2.28. The van der Waals surface area contributed by atoms with Crippen LogP contribution in [0.1, 0.15) is 40.5 Å². The van der Waals surface area contributed by atoms with Gasteiger partial charge in [-0.1, -0.05) is 27.7 Å². The van der Waals surface area contributed by atoms with E-state index >= 15 is 0 Å². The average Bonchev–Trinajstić information content (AvgIpc) is 1.98. The van der Waals surface area contributed by atoms with Crippen molar-refractivity contribution in [2.45, 2.75) is 40.5 Å². The van der Waals surface area contributed by atoms with Gasteiger partial charge in [0, 0.05) is 6.42 Å². The lowest BCUT2D eigenvalue weighted by Gasteiger charge is -2.22. The van der Waals surface area contributed by atoms with Gasteiger partial charge in [-0.2, -0.15) is 0 Å². The Labute approximate surface area is 96.1 Å². The minimum atomic E-state index is -1.11. The van der Waals surface area contributed by atoms with E-state index in [1.807, 2.05) is 6.92 Å². The van der Waals surface area contributed by atoms with Crippen LogP contribution in [0.2, 0.25) is 0 Å². The number of hydroxylamine groups is 1. The third kappa shape index (κ3) is 9.45. The highest BCUT2D eigenvalue weighted by molar-refractivity contribution is 5.75. The molecule has 0 aliphatic rings. The fourth-order valence-electron chi connectivity index (χ4n) is 1.65. The summed E-state index contributed by atoms with van der Waals surface area (Å²) in [4.78, 5) is 25.9. The highest BCUT2D eigenvalue weighted by Crippen LogP contribution is 2.25. The average molecular weight is 231 g/mol. The van der Waals surface area contributed by atoms with Gasteiger partial charge in [0.05, 0.1) is 0 Å². The maximum absolute atomic E-state index is 11.3. The van der Waals surface area contributed by atoms with Gasteiger partial charge >= 0.3 is 5.97 Å². The Morgan fingerprint density at radius 3 is 2.38 bits per heavy atom. The van der Waals surface area contributed by atoms with Gasteiger partial charge < -0.3 is 5.11 Å². The van der Waals surface area contributed by atoms with E-state index in [1.165, 1.54) is 0 Å². The van der Waals surface area contributed by atoms with Crippen molar-refractivity contribution in [1.82, 2.24) is 5.48 Å². The van der Waals surface area contributed by atoms with Crippen LogP contribution in [0.25, 0.3) is 0 Å². The molecule has 0 fully saturated rings. The number of aliphatic carboxylic acids is 1. The van der Waals surface area contributed by atoms with Gasteiger partial charge in [0.15, 0.2) is 6.61 Å². The minimum absolute atomic E-state index is 0.182. The van der Waals surface area contributed by atoms with Gasteiger partial charge in [-0.05, 0) is 17.8 Å². The topological polar surface area (TPSA) is 75.6 Å². The standard InChI is InChI=1S/C11H21NO4/c1-8(6-11(2,3)4)5-9(13)12-16-7-10(14)15/h8H,5-7H2,1-4H3,(H,12,13)(H,14,15). The van der Waals surface area contributed by atoms with E-state index in [0.29, 0.717) is 6.42 Å². The Morgan fingerprint density at radius 1 is 1.38 bits per heavy atom. The summed E-state index contributed by atoms with van der Waals surface area (Å²) in [5, 5.41) is 8.28. The SMILES string of the molecule is CC(CC(=O)NOCC(=O)O)CC(C)(C)C. The van der Waals surface area contributed by atoms with Gasteiger partial charge in [-0.3, -0.25) is 9.63 Å². The molecule has 0 bridgehead atoms. The summed E-state index contributed by atoms with van der Waals surface area (Å²) < 4.78 is 0. The first kappa shape index (κ1) is 14.9. The molecule has 0 aromatic carbocycles. The Morgan fingerprint density at radius 2 is 1.94 bits per heavy atom. The highest BCUT2D eigenvalue weighted by Gasteiger charge is 2.17. The summed E-state index contributed by atoms with van der Waals surface area (Å²) >= 11 is 0. The normalized spacial score (nSPS) is 13.2. The quantitative estimate of drug-likeness (QED) is 0.680. The van der Waals surface area contributed by atoms with Crippen molar-refractivity contribution < 1.29 is 19.5 Å². The summed E-state index contributed by atoms with van der Waals surface area (Å²) in [5.74, 6) is -1.14. The second kappa shape index (κ2) is 6.48. The maximum Gasteiger partial charge on any atom is 0.332 e. The molecule has 5 heteroatoms. The van der Waals surface area contributed by atoms with E-state index in [4.69, 9.17) is 5.11 Å². The number of carbonyl (C=O) groups excluding carboxylic acids is 1. The number of hydrogen-bond donors (Lipinski definition) is 2. The van der Waals surface area contributed by atoms with Crippen LogP contribution in [0.4, 0.5) is 0 Å². The van der Waals surface area contributed by atoms with Crippen molar-refractivity contribution in [3.63, 3.8) is 0 Å². The molecule has 16 heavy (non-hydrogen) atoms. The van der Waals surface area contributed by atoms with Gasteiger partial charge in [-0.25, -0.2) is 10.3 Å². The smallest absolute Gasteiger partial charge is 0.332 e. The predicted octanol–water partition coefficient (Wildman–Crippen LogP) is 1.58. The van der Waals surface area contributed by atoms with Crippen LogP contribution in [0.5, 0.6) is 0 Å². The van der Waals surface area contributed by atoms with Crippen LogP contribution in [-0.4, -0.2) is 23.6 Å². The number of carboxylic acid groups (broad SMARTS) is 1. The molecule has 5 nitrogen and oxygen atoms in total. The Bertz CT molecular complexity index is 245. The number of carboxylic acids is 1. The first-order valence-electron chi connectivity index (χ1n) is 5.33. The molecule has 0 heterocycles. The Balaban J connectivity index is 3.74. The first-order valence-corrected chi connectivity index (χ1v) is 5.33. The van der Waals surface area contributed by atoms with E-state index in [9.17, 15) is 9.59 Å². The van der Waals surface area contributed by atoms with Gasteiger partial charge in [0.2, 0.25) is 5.91 Å². The second-order valence-corrected chi connectivity index (χ2v) is 5.28. The molecule has 0 saturated heterocycles. The fraction of sp³-hybridized carbons (Fsp3) is 0.818. The van der Waals surface area contributed by atoms with E-state index in [2.05, 4.69) is 31.1 Å². The lowest BCUT2D eigenvalue weighted by atomic mass is 9.84. The summed E-state index contributed by atoms with van der Waals surface area (Å²) in [6.45, 7) is 7.81. The highest BCUT2D eigenvalue weighted by atomic mass is 16.7. The molecule has 0 aliphatic carbocycles. The number of nitrogens with one attached hydrogen (secondary N) is 1. The third-order valence-corrected chi connectivity index (χ3v) is 1.88. The molecule has 0 aromatic heterocycles. The van der Waals surface area contributed by atoms with Gasteiger partial charge in [-0.15, -0.1) is 0 Å². The van der Waals surface area contributed by atoms with E-state index in [-0.39, 0.29) is 17.2 Å². The molecule has 1 amide bonds.